The Morgan fingerprint density at radius 3 is 2.67 bits per heavy atom. The fourth-order valence-corrected chi connectivity index (χ4v) is 1.61. The number of carbonyl (C=O) groups is 3. The van der Waals surface area contributed by atoms with Crippen molar-refractivity contribution in [1.29, 1.82) is 0 Å². The summed E-state index contributed by atoms with van der Waals surface area (Å²) < 4.78 is 5.15. The van der Waals surface area contributed by atoms with Gasteiger partial charge in [-0.15, -0.1) is 0 Å². The van der Waals surface area contributed by atoms with Crippen LogP contribution in [0.2, 0.25) is 0 Å². The van der Waals surface area contributed by atoms with Gasteiger partial charge in [-0.05, 0) is 12.8 Å². The van der Waals surface area contributed by atoms with Crippen LogP contribution in [0, 0.1) is 5.92 Å². The molecule has 1 aliphatic heterocycles. The number of amides is 3. The molecule has 1 heterocycles. The zero-order chi connectivity index (χ0) is 13.4. The van der Waals surface area contributed by atoms with Crippen molar-refractivity contribution in [2.24, 2.45) is 5.92 Å². The van der Waals surface area contributed by atoms with Gasteiger partial charge in [-0.2, -0.15) is 0 Å². The molecule has 102 valence electrons. The Balaban J connectivity index is 2.07. The summed E-state index contributed by atoms with van der Waals surface area (Å²) in [7, 11) is 0. The lowest BCUT2D eigenvalue weighted by Gasteiger charge is -2.09. The van der Waals surface area contributed by atoms with Gasteiger partial charge in [-0.1, -0.05) is 0 Å². The zero-order valence-corrected chi connectivity index (χ0v) is 10.1. The molecular formula is C11H18N2O5. The Kier molecular flexibility index (Phi) is 6.13. The molecule has 18 heavy (non-hydrogen) atoms. The maximum Gasteiger partial charge on any atom is 0.321 e. The van der Waals surface area contributed by atoms with E-state index in [4.69, 9.17) is 9.84 Å². The number of nitrogens with one attached hydrogen (secondary N) is 2. The molecule has 3 amide bonds. The number of hydrogen-bond acceptors (Lipinski definition) is 4. The summed E-state index contributed by atoms with van der Waals surface area (Å²) in [5.74, 6) is -1.11. The number of carboxylic acid groups (broad SMARTS) is 1. The van der Waals surface area contributed by atoms with Crippen molar-refractivity contribution < 1.29 is 24.2 Å². The second kappa shape index (κ2) is 7.65. The standard InChI is InChI=1S/C11H18N2O5/c14-9(2-1-3-10(15)16)13-11(17)12-6-8-4-5-18-7-8/h8H,1-7H2,(H,15,16)(H2,12,13,14,17). The van der Waals surface area contributed by atoms with E-state index in [0.717, 1.165) is 6.42 Å². The molecule has 7 nitrogen and oxygen atoms in total. The average molecular weight is 258 g/mol. The van der Waals surface area contributed by atoms with Crippen molar-refractivity contribution in [3.05, 3.63) is 0 Å². The summed E-state index contributed by atoms with van der Waals surface area (Å²) in [6.45, 7) is 1.82. The summed E-state index contributed by atoms with van der Waals surface area (Å²) in [4.78, 5) is 32.8. The molecule has 1 unspecified atom stereocenters. The minimum Gasteiger partial charge on any atom is -0.481 e. The Hall–Kier alpha value is -1.63. The SMILES string of the molecule is O=C(O)CCCC(=O)NC(=O)NCC1CCOC1. The largest absolute Gasteiger partial charge is 0.481 e. The van der Waals surface area contributed by atoms with E-state index in [9.17, 15) is 14.4 Å². The van der Waals surface area contributed by atoms with Gasteiger partial charge in [0.2, 0.25) is 5.91 Å². The van der Waals surface area contributed by atoms with Crippen LogP contribution in [0.3, 0.4) is 0 Å². The number of aliphatic carboxylic acids is 1. The smallest absolute Gasteiger partial charge is 0.321 e. The van der Waals surface area contributed by atoms with E-state index in [-0.39, 0.29) is 19.3 Å². The zero-order valence-electron chi connectivity index (χ0n) is 10.1. The van der Waals surface area contributed by atoms with Crippen LogP contribution in [0.25, 0.3) is 0 Å². The third-order valence-corrected chi connectivity index (χ3v) is 2.62. The highest BCUT2D eigenvalue weighted by molar-refractivity contribution is 5.94. The first kappa shape index (κ1) is 14.4. The molecule has 7 heteroatoms. The highest BCUT2D eigenvalue weighted by Crippen LogP contribution is 2.10. The molecule has 0 aromatic rings. The van der Waals surface area contributed by atoms with Crippen molar-refractivity contribution >= 4 is 17.9 Å². The van der Waals surface area contributed by atoms with Crippen molar-refractivity contribution in [2.45, 2.75) is 25.7 Å². The second-order valence-electron chi connectivity index (χ2n) is 4.24. The first-order valence-electron chi connectivity index (χ1n) is 5.95. The highest BCUT2D eigenvalue weighted by Gasteiger charge is 2.16. The molecule has 1 atom stereocenters. The van der Waals surface area contributed by atoms with Gasteiger partial charge >= 0.3 is 12.0 Å². The van der Waals surface area contributed by atoms with Crippen LogP contribution in [-0.2, 0) is 14.3 Å². The van der Waals surface area contributed by atoms with Crippen LogP contribution in [0.1, 0.15) is 25.7 Å². The minimum absolute atomic E-state index is 0.0340. The lowest BCUT2D eigenvalue weighted by Crippen LogP contribution is -2.41. The van der Waals surface area contributed by atoms with E-state index in [2.05, 4.69) is 10.6 Å². The maximum absolute atomic E-state index is 11.3. The van der Waals surface area contributed by atoms with E-state index in [1.807, 2.05) is 0 Å². The van der Waals surface area contributed by atoms with E-state index in [1.165, 1.54) is 0 Å². The lowest BCUT2D eigenvalue weighted by atomic mass is 10.1. The number of imide groups is 1. The van der Waals surface area contributed by atoms with Crippen molar-refractivity contribution in [3.8, 4) is 0 Å². The molecule has 0 spiro atoms. The minimum atomic E-state index is -0.950. The van der Waals surface area contributed by atoms with Gasteiger partial charge in [-0.3, -0.25) is 14.9 Å². The number of rotatable bonds is 6. The Bertz CT molecular complexity index is 313. The number of carboxylic acids is 1. The molecule has 0 bridgehead atoms. The molecule has 1 fully saturated rings. The van der Waals surface area contributed by atoms with Gasteiger partial charge < -0.3 is 15.2 Å². The third-order valence-electron chi connectivity index (χ3n) is 2.62. The molecule has 0 radical (unpaired) electrons. The lowest BCUT2D eigenvalue weighted by molar-refractivity contribution is -0.137. The quantitative estimate of drug-likeness (QED) is 0.627. The Morgan fingerprint density at radius 2 is 2.06 bits per heavy atom. The average Bonchev–Trinajstić information content (AvgIpc) is 2.78. The van der Waals surface area contributed by atoms with Gasteiger partial charge in [0.1, 0.15) is 0 Å². The Labute approximate surface area is 105 Å². The van der Waals surface area contributed by atoms with Crippen LogP contribution < -0.4 is 10.6 Å². The maximum atomic E-state index is 11.3. The van der Waals surface area contributed by atoms with Crippen molar-refractivity contribution in [3.63, 3.8) is 0 Å². The molecule has 0 aromatic carbocycles. The van der Waals surface area contributed by atoms with E-state index >= 15 is 0 Å². The van der Waals surface area contributed by atoms with Crippen LogP contribution in [0.5, 0.6) is 0 Å². The topological polar surface area (TPSA) is 105 Å². The molecule has 0 aliphatic carbocycles. The van der Waals surface area contributed by atoms with Crippen LogP contribution in [-0.4, -0.2) is 42.8 Å². The number of ether oxygens (including phenoxy) is 1. The van der Waals surface area contributed by atoms with E-state index in [1.54, 1.807) is 0 Å². The number of urea groups is 1. The molecule has 0 aromatic heterocycles. The van der Waals surface area contributed by atoms with Gasteiger partial charge in [-0.25, -0.2) is 4.79 Å². The summed E-state index contributed by atoms with van der Waals surface area (Å²) in [5, 5.41) is 13.1. The fourth-order valence-electron chi connectivity index (χ4n) is 1.61. The first-order chi connectivity index (χ1) is 8.58. The molecule has 0 saturated carbocycles. The van der Waals surface area contributed by atoms with E-state index in [0.29, 0.717) is 25.7 Å². The van der Waals surface area contributed by atoms with E-state index < -0.39 is 17.9 Å². The molecule has 3 N–H and O–H groups in total. The van der Waals surface area contributed by atoms with Crippen molar-refractivity contribution in [2.75, 3.05) is 19.8 Å². The molecule has 1 aliphatic rings. The van der Waals surface area contributed by atoms with Crippen molar-refractivity contribution in [1.82, 2.24) is 10.6 Å². The molecule has 1 rings (SSSR count). The number of hydrogen-bond donors (Lipinski definition) is 3. The number of carbonyl (C=O) groups excluding carboxylic acids is 2. The molecule has 1 saturated heterocycles. The van der Waals surface area contributed by atoms with Crippen LogP contribution in [0.4, 0.5) is 4.79 Å². The molecular weight excluding hydrogens is 240 g/mol. The van der Waals surface area contributed by atoms with Gasteiger partial charge in [0.25, 0.3) is 0 Å². The summed E-state index contributed by atoms with van der Waals surface area (Å²) in [6.07, 6.45) is 1.10. The fraction of sp³-hybridized carbons (Fsp3) is 0.727. The normalized spacial score (nSPS) is 18.3. The summed E-state index contributed by atoms with van der Waals surface area (Å²) in [6, 6.07) is -0.540. The third kappa shape index (κ3) is 6.19. The second-order valence-corrected chi connectivity index (χ2v) is 4.24. The van der Waals surface area contributed by atoms with Gasteiger partial charge in [0.05, 0.1) is 6.61 Å². The van der Waals surface area contributed by atoms with Gasteiger partial charge in [0, 0.05) is 31.9 Å². The predicted octanol–water partition coefficient (Wildman–Crippen LogP) is 0.104. The summed E-state index contributed by atoms with van der Waals surface area (Å²) in [5.41, 5.74) is 0. The predicted molar refractivity (Wildman–Crippen MR) is 62.0 cm³/mol. The first-order valence-corrected chi connectivity index (χ1v) is 5.95. The highest BCUT2D eigenvalue weighted by atomic mass is 16.5. The Morgan fingerprint density at radius 1 is 1.28 bits per heavy atom. The van der Waals surface area contributed by atoms with Crippen LogP contribution in [0.15, 0.2) is 0 Å². The monoisotopic (exact) mass is 258 g/mol. The van der Waals surface area contributed by atoms with Crippen LogP contribution >= 0.6 is 0 Å². The van der Waals surface area contributed by atoms with Gasteiger partial charge in [0.15, 0.2) is 0 Å². The summed E-state index contributed by atoms with van der Waals surface area (Å²) >= 11 is 0.